The minimum absolute atomic E-state index is 0.628. The Labute approximate surface area is 113 Å². The van der Waals surface area contributed by atoms with Gasteiger partial charge in [-0.15, -0.1) is 0 Å². The van der Waals surface area contributed by atoms with Crippen molar-refractivity contribution in [3.8, 4) is 11.1 Å². The van der Waals surface area contributed by atoms with Gasteiger partial charge in [0.1, 0.15) is 5.82 Å². The number of rotatable bonds is 2. The lowest BCUT2D eigenvalue weighted by Gasteiger charge is -2.17. The minimum atomic E-state index is 0.628. The molecule has 0 saturated heterocycles. The van der Waals surface area contributed by atoms with Crippen molar-refractivity contribution in [3.05, 3.63) is 47.5 Å². The molecule has 0 radical (unpaired) electrons. The zero-order valence-corrected chi connectivity index (χ0v) is 10.9. The summed E-state index contributed by atoms with van der Waals surface area (Å²) in [5.74, 6) is 1.65. The summed E-state index contributed by atoms with van der Waals surface area (Å²) in [6, 6.07) is 6.71. The van der Waals surface area contributed by atoms with Gasteiger partial charge >= 0.3 is 0 Å². The van der Waals surface area contributed by atoms with Crippen LogP contribution in [0.5, 0.6) is 0 Å². The van der Waals surface area contributed by atoms with E-state index in [1.165, 1.54) is 29.5 Å². The normalized spacial score (nSPS) is 18.1. The molecular formula is C16H17N3. The van der Waals surface area contributed by atoms with Gasteiger partial charge in [-0.1, -0.05) is 18.2 Å². The van der Waals surface area contributed by atoms with Crippen molar-refractivity contribution < 1.29 is 0 Å². The molecule has 1 aromatic carbocycles. The second-order valence-electron chi connectivity index (χ2n) is 5.51. The lowest BCUT2D eigenvalue weighted by atomic mass is 9.96. The third kappa shape index (κ3) is 2.15. The van der Waals surface area contributed by atoms with Gasteiger partial charge in [-0.25, -0.2) is 9.97 Å². The molecule has 3 nitrogen and oxygen atoms in total. The van der Waals surface area contributed by atoms with Crippen LogP contribution >= 0.6 is 0 Å². The van der Waals surface area contributed by atoms with Gasteiger partial charge in [-0.05, 0) is 42.5 Å². The highest BCUT2D eigenvalue weighted by molar-refractivity contribution is 5.63. The number of aromatic nitrogens is 2. The van der Waals surface area contributed by atoms with E-state index in [0.717, 1.165) is 30.9 Å². The van der Waals surface area contributed by atoms with Crippen molar-refractivity contribution in [1.82, 2.24) is 15.3 Å². The number of benzene rings is 1. The predicted molar refractivity (Wildman–Crippen MR) is 74.9 cm³/mol. The zero-order chi connectivity index (χ0) is 12.7. The van der Waals surface area contributed by atoms with Gasteiger partial charge in [-0.3, -0.25) is 0 Å². The molecule has 1 N–H and O–H groups in total. The van der Waals surface area contributed by atoms with Crippen LogP contribution in [0.4, 0.5) is 0 Å². The summed E-state index contributed by atoms with van der Waals surface area (Å²) < 4.78 is 0. The highest BCUT2D eigenvalue weighted by Crippen LogP contribution is 2.38. The molecule has 19 heavy (non-hydrogen) atoms. The van der Waals surface area contributed by atoms with Gasteiger partial charge in [-0.2, -0.15) is 0 Å². The van der Waals surface area contributed by atoms with Crippen molar-refractivity contribution in [2.75, 3.05) is 6.54 Å². The minimum Gasteiger partial charge on any atom is -0.312 e. The van der Waals surface area contributed by atoms with Crippen molar-refractivity contribution in [1.29, 1.82) is 0 Å². The monoisotopic (exact) mass is 251 g/mol. The number of fused-ring (bicyclic) bond motifs is 1. The molecule has 2 heterocycles. The molecular weight excluding hydrogens is 234 g/mol. The highest BCUT2D eigenvalue weighted by Gasteiger charge is 2.26. The highest BCUT2D eigenvalue weighted by atomic mass is 14.9. The number of nitrogens with one attached hydrogen (secondary N) is 1. The Morgan fingerprint density at radius 3 is 2.63 bits per heavy atom. The number of hydrogen-bond donors (Lipinski definition) is 1. The van der Waals surface area contributed by atoms with Crippen molar-refractivity contribution in [3.63, 3.8) is 0 Å². The maximum Gasteiger partial charge on any atom is 0.131 e. The SMILES string of the molecule is c1cc2c(cc1-c1cnc(C3CC3)nc1)CCNC2. The second-order valence-corrected chi connectivity index (χ2v) is 5.51. The van der Waals surface area contributed by atoms with Crippen LogP contribution in [0.1, 0.15) is 35.7 Å². The molecule has 2 aromatic rings. The molecule has 96 valence electrons. The topological polar surface area (TPSA) is 37.8 Å². The molecule has 4 rings (SSSR count). The van der Waals surface area contributed by atoms with E-state index in [2.05, 4.69) is 33.5 Å². The van der Waals surface area contributed by atoms with Crippen LogP contribution in [0.25, 0.3) is 11.1 Å². The van der Waals surface area contributed by atoms with E-state index in [1.807, 2.05) is 12.4 Å². The Balaban J connectivity index is 1.67. The van der Waals surface area contributed by atoms with E-state index in [-0.39, 0.29) is 0 Å². The maximum atomic E-state index is 4.51. The van der Waals surface area contributed by atoms with Gasteiger partial charge in [0.25, 0.3) is 0 Å². The van der Waals surface area contributed by atoms with E-state index >= 15 is 0 Å². The number of hydrogen-bond acceptors (Lipinski definition) is 3. The summed E-state index contributed by atoms with van der Waals surface area (Å²) >= 11 is 0. The van der Waals surface area contributed by atoms with Crippen LogP contribution in [0.15, 0.2) is 30.6 Å². The molecule has 1 saturated carbocycles. The fraction of sp³-hybridized carbons (Fsp3) is 0.375. The first kappa shape index (κ1) is 11.1. The van der Waals surface area contributed by atoms with Gasteiger partial charge < -0.3 is 5.32 Å². The van der Waals surface area contributed by atoms with Crippen LogP contribution in [-0.4, -0.2) is 16.5 Å². The van der Waals surface area contributed by atoms with Crippen LogP contribution in [0.3, 0.4) is 0 Å². The van der Waals surface area contributed by atoms with Crippen molar-refractivity contribution in [2.24, 2.45) is 0 Å². The maximum absolute atomic E-state index is 4.51. The first-order valence-corrected chi connectivity index (χ1v) is 7.05. The lowest BCUT2D eigenvalue weighted by molar-refractivity contribution is 0.644. The van der Waals surface area contributed by atoms with E-state index in [1.54, 1.807) is 0 Å². The summed E-state index contributed by atoms with van der Waals surface area (Å²) in [4.78, 5) is 9.01. The smallest absolute Gasteiger partial charge is 0.131 e. The summed E-state index contributed by atoms with van der Waals surface area (Å²) in [5, 5.41) is 3.40. The van der Waals surface area contributed by atoms with E-state index < -0.39 is 0 Å². The van der Waals surface area contributed by atoms with Gasteiger partial charge in [0, 0.05) is 30.4 Å². The second kappa shape index (κ2) is 4.42. The van der Waals surface area contributed by atoms with Crippen LogP contribution in [0, 0.1) is 0 Å². The van der Waals surface area contributed by atoms with Gasteiger partial charge in [0.15, 0.2) is 0 Å². The first-order chi connectivity index (χ1) is 9.40. The van der Waals surface area contributed by atoms with Gasteiger partial charge in [0.05, 0.1) is 0 Å². The zero-order valence-electron chi connectivity index (χ0n) is 10.9. The molecule has 2 aliphatic rings. The molecule has 0 spiro atoms. The standard InChI is InChI=1S/C16H17N3/c1-2-11(1)16-18-9-15(10-19-16)12-3-4-14-8-17-6-5-13(14)7-12/h3-4,7,9-11,17H,1-2,5-6,8H2. The molecule has 0 unspecified atom stereocenters. The molecule has 0 atom stereocenters. The van der Waals surface area contributed by atoms with Crippen LogP contribution < -0.4 is 5.32 Å². The quantitative estimate of drug-likeness (QED) is 0.891. The molecule has 0 bridgehead atoms. The molecule has 1 fully saturated rings. The molecule has 0 amide bonds. The van der Waals surface area contributed by atoms with E-state index in [9.17, 15) is 0 Å². The third-order valence-corrected chi connectivity index (χ3v) is 4.04. The molecule has 1 aliphatic carbocycles. The van der Waals surface area contributed by atoms with Crippen LogP contribution in [-0.2, 0) is 13.0 Å². The summed E-state index contributed by atoms with van der Waals surface area (Å²) in [7, 11) is 0. The average molecular weight is 251 g/mol. The third-order valence-electron chi connectivity index (χ3n) is 4.04. The Hall–Kier alpha value is -1.74. The molecule has 1 aromatic heterocycles. The Morgan fingerprint density at radius 1 is 1.00 bits per heavy atom. The van der Waals surface area contributed by atoms with Gasteiger partial charge in [0.2, 0.25) is 0 Å². The average Bonchev–Trinajstić information content (AvgIpc) is 3.32. The largest absolute Gasteiger partial charge is 0.312 e. The predicted octanol–water partition coefficient (Wildman–Crippen LogP) is 2.67. The van der Waals surface area contributed by atoms with Crippen molar-refractivity contribution >= 4 is 0 Å². The lowest BCUT2D eigenvalue weighted by Crippen LogP contribution is -2.23. The van der Waals surface area contributed by atoms with E-state index in [4.69, 9.17) is 0 Å². The fourth-order valence-electron chi connectivity index (χ4n) is 2.70. The first-order valence-electron chi connectivity index (χ1n) is 7.05. The summed E-state index contributed by atoms with van der Waals surface area (Å²) in [6.45, 7) is 2.07. The summed E-state index contributed by atoms with van der Waals surface area (Å²) in [6.07, 6.45) is 7.58. The van der Waals surface area contributed by atoms with E-state index in [0.29, 0.717) is 5.92 Å². The Bertz CT molecular complexity index is 600. The van der Waals surface area contributed by atoms with Crippen LogP contribution in [0.2, 0.25) is 0 Å². The number of nitrogens with zero attached hydrogens (tertiary/aromatic N) is 2. The Morgan fingerprint density at radius 2 is 1.84 bits per heavy atom. The Kier molecular flexibility index (Phi) is 2.59. The van der Waals surface area contributed by atoms with Crippen molar-refractivity contribution in [2.45, 2.75) is 31.7 Å². The fourth-order valence-corrected chi connectivity index (χ4v) is 2.70. The molecule has 1 aliphatic heterocycles. The summed E-state index contributed by atoms with van der Waals surface area (Å²) in [5.41, 5.74) is 5.25. The molecule has 3 heteroatoms.